The van der Waals surface area contributed by atoms with E-state index in [2.05, 4.69) is 11.6 Å². The number of unbranched alkanes of at least 4 members (excludes halogenated alkanes) is 3. The molecule has 2 N–H and O–H groups in total. The molecule has 0 heterocycles. The van der Waals surface area contributed by atoms with Crippen LogP contribution in [0, 0.1) is 6.92 Å². The number of fused-ring (bicyclic) bond motifs is 1. The van der Waals surface area contributed by atoms with Gasteiger partial charge in [0.2, 0.25) is 10.0 Å². The van der Waals surface area contributed by atoms with Crippen molar-refractivity contribution in [2.75, 3.05) is 0 Å². The second kappa shape index (κ2) is 8.13. The SMILES string of the molecule is CCCCCC[C@]1(O)c2ccccc2C[C@@H]1NS(=O)(=O)c1ccc(C)cc1. The van der Waals surface area contributed by atoms with Crippen molar-refractivity contribution in [3.05, 3.63) is 65.2 Å². The normalized spacial score (nSPS) is 22.0. The zero-order chi connectivity index (χ0) is 19.5. The summed E-state index contributed by atoms with van der Waals surface area (Å²) in [5.74, 6) is 0. The highest BCUT2D eigenvalue weighted by Gasteiger charge is 2.46. The first-order valence-electron chi connectivity index (χ1n) is 9.76. The van der Waals surface area contributed by atoms with Crippen LogP contribution >= 0.6 is 0 Å². The highest BCUT2D eigenvalue weighted by Crippen LogP contribution is 2.41. The summed E-state index contributed by atoms with van der Waals surface area (Å²) in [6.45, 7) is 4.07. The van der Waals surface area contributed by atoms with Crippen molar-refractivity contribution in [2.24, 2.45) is 0 Å². The lowest BCUT2D eigenvalue weighted by molar-refractivity contribution is 0.00474. The van der Waals surface area contributed by atoms with Gasteiger partial charge in [-0.05, 0) is 43.0 Å². The fourth-order valence-corrected chi connectivity index (χ4v) is 5.22. The second-order valence-electron chi connectivity index (χ2n) is 7.58. The summed E-state index contributed by atoms with van der Waals surface area (Å²) in [6, 6.07) is 14.0. The van der Waals surface area contributed by atoms with Crippen LogP contribution in [0.5, 0.6) is 0 Å². The summed E-state index contributed by atoms with van der Waals surface area (Å²) in [6.07, 6.45) is 5.23. The third-order valence-corrected chi connectivity index (χ3v) is 7.01. The Bertz CT molecular complexity index is 877. The van der Waals surface area contributed by atoms with Gasteiger partial charge in [0, 0.05) is 0 Å². The minimum absolute atomic E-state index is 0.234. The first kappa shape index (κ1) is 20.1. The molecule has 1 aliphatic carbocycles. The predicted octanol–water partition coefficient (Wildman–Crippen LogP) is 4.06. The highest BCUT2D eigenvalue weighted by atomic mass is 32.2. The van der Waals surface area contributed by atoms with E-state index in [0.717, 1.165) is 42.4 Å². The molecule has 0 unspecified atom stereocenters. The molecule has 4 nitrogen and oxygen atoms in total. The van der Waals surface area contributed by atoms with Gasteiger partial charge in [0.05, 0.1) is 10.9 Å². The van der Waals surface area contributed by atoms with Gasteiger partial charge in [0.15, 0.2) is 0 Å². The molecule has 0 aliphatic heterocycles. The zero-order valence-corrected chi connectivity index (χ0v) is 16.9. The van der Waals surface area contributed by atoms with E-state index in [4.69, 9.17) is 0 Å². The minimum Gasteiger partial charge on any atom is -0.383 e. The number of rotatable bonds is 8. The summed E-state index contributed by atoms with van der Waals surface area (Å²) in [7, 11) is -3.69. The largest absolute Gasteiger partial charge is 0.383 e. The second-order valence-corrected chi connectivity index (χ2v) is 9.30. The monoisotopic (exact) mass is 387 g/mol. The van der Waals surface area contributed by atoms with Crippen molar-refractivity contribution >= 4 is 10.0 Å². The molecule has 27 heavy (non-hydrogen) atoms. The van der Waals surface area contributed by atoms with Gasteiger partial charge in [-0.1, -0.05) is 74.6 Å². The van der Waals surface area contributed by atoms with Gasteiger partial charge in [-0.2, -0.15) is 0 Å². The first-order chi connectivity index (χ1) is 12.9. The molecule has 5 heteroatoms. The number of aliphatic hydroxyl groups is 1. The van der Waals surface area contributed by atoms with Crippen molar-refractivity contribution in [2.45, 2.75) is 68.9 Å². The third-order valence-electron chi connectivity index (χ3n) is 5.52. The average molecular weight is 388 g/mol. The third kappa shape index (κ3) is 4.26. The van der Waals surface area contributed by atoms with Crippen LogP contribution in [0.2, 0.25) is 0 Å². The highest BCUT2D eigenvalue weighted by molar-refractivity contribution is 7.89. The van der Waals surface area contributed by atoms with Gasteiger partial charge in [0.25, 0.3) is 0 Å². The molecule has 0 radical (unpaired) electrons. The average Bonchev–Trinajstić information content (AvgIpc) is 2.91. The standard InChI is InChI=1S/C22H29NO3S/c1-3-4-5-8-15-22(24)20-10-7-6-9-18(20)16-21(22)23-27(25,26)19-13-11-17(2)12-14-19/h6-7,9-14,21,23-24H,3-5,8,15-16H2,1-2H3/t21-,22-/m0/s1. The molecule has 0 spiro atoms. The van der Waals surface area contributed by atoms with Gasteiger partial charge >= 0.3 is 0 Å². The Morgan fingerprint density at radius 2 is 1.78 bits per heavy atom. The Morgan fingerprint density at radius 1 is 1.07 bits per heavy atom. The molecule has 0 saturated carbocycles. The van der Waals surface area contributed by atoms with Crippen molar-refractivity contribution in [3.63, 3.8) is 0 Å². The Balaban J connectivity index is 1.85. The summed E-state index contributed by atoms with van der Waals surface area (Å²) in [5.41, 5.74) is 1.72. The van der Waals surface area contributed by atoms with E-state index in [1.54, 1.807) is 24.3 Å². The molecule has 0 saturated heterocycles. The predicted molar refractivity (Wildman–Crippen MR) is 108 cm³/mol. The van der Waals surface area contributed by atoms with Crippen LogP contribution in [0.4, 0.5) is 0 Å². The van der Waals surface area contributed by atoms with Gasteiger partial charge in [0.1, 0.15) is 5.60 Å². The lowest BCUT2D eigenvalue weighted by Gasteiger charge is -2.32. The topological polar surface area (TPSA) is 66.4 Å². The Kier molecular flexibility index (Phi) is 6.04. The van der Waals surface area contributed by atoms with Crippen molar-refractivity contribution in [1.82, 2.24) is 4.72 Å². The Morgan fingerprint density at radius 3 is 2.48 bits per heavy atom. The van der Waals surface area contributed by atoms with Crippen molar-refractivity contribution in [3.8, 4) is 0 Å². The number of hydrogen-bond acceptors (Lipinski definition) is 3. The molecule has 146 valence electrons. The number of hydrogen-bond donors (Lipinski definition) is 2. The van der Waals surface area contributed by atoms with E-state index in [0.29, 0.717) is 12.8 Å². The zero-order valence-electron chi connectivity index (χ0n) is 16.1. The van der Waals surface area contributed by atoms with E-state index >= 15 is 0 Å². The fourth-order valence-electron chi connectivity index (χ4n) is 3.94. The van der Waals surface area contributed by atoms with Crippen LogP contribution in [0.1, 0.15) is 55.7 Å². The first-order valence-corrected chi connectivity index (χ1v) is 11.2. The van der Waals surface area contributed by atoms with E-state index in [9.17, 15) is 13.5 Å². The van der Waals surface area contributed by atoms with Gasteiger partial charge in [-0.3, -0.25) is 0 Å². The van der Waals surface area contributed by atoms with Crippen molar-refractivity contribution < 1.29 is 13.5 Å². The minimum atomic E-state index is -3.69. The number of benzene rings is 2. The van der Waals surface area contributed by atoms with Crippen LogP contribution < -0.4 is 4.72 Å². The van der Waals surface area contributed by atoms with Gasteiger partial charge in [-0.25, -0.2) is 13.1 Å². The Labute approximate surface area is 162 Å². The number of nitrogens with one attached hydrogen (secondary N) is 1. The smallest absolute Gasteiger partial charge is 0.240 e. The molecule has 2 aromatic rings. The van der Waals surface area contributed by atoms with Crippen LogP contribution in [-0.2, 0) is 22.0 Å². The maximum absolute atomic E-state index is 12.9. The summed E-state index contributed by atoms with van der Waals surface area (Å²) >= 11 is 0. The van der Waals surface area contributed by atoms with Crippen LogP contribution in [0.15, 0.2) is 53.4 Å². The van der Waals surface area contributed by atoms with Crippen LogP contribution in [0.3, 0.4) is 0 Å². The molecule has 2 atom stereocenters. The summed E-state index contributed by atoms with van der Waals surface area (Å²) in [4.78, 5) is 0.234. The maximum atomic E-state index is 12.9. The molecule has 2 aromatic carbocycles. The van der Waals surface area contributed by atoms with E-state index < -0.39 is 21.7 Å². The molecule has 1 aliphatic rings. The number of sulfonamides is 1. The summed E-state index contributed by atoms with van der Waals surface area (Å²) in [5, 5.41) is 11.5. The molecular formula is C22H29NO3S. The lowest BCUT2D eigenvalue weighted by atomic mass is 9.87. The summed E-state index contributed by atoms with van der Waals surface area (Å²) < 4.78 is 28.6. The molecule has 0 aromatic heterocycles. The molecule has 3 rings (SSSR count). The molecule has 0 fully saturated rings. The molecular weight excluding hydrogens is 358 g/mol. The van der Waals surface area contributed by atoms with E-state index in [1.165, 1.54) is 0 Å². The van der Waals surface area contributed by atoms with Gasteiger partial charge < -0.3 is 5.11 Å². The van der Waals surface area contributed by atoms with Crippen molar-refractivity contribution in [1.29, 1.82) is 0 Å². The van der Waals surface area contributed by atoms with E-state index in [1.807, 2.05) is 31.2 Å². The number of aryl methyl sites for hydroxylation is 1. The molecule has 0 amide bonds. The Hall–Kier alpha value is -1.69. The van der Waals surface area contributed by atoms with Crippen LogP contribution in [-0.4, -0.2) is 19.6 Å². The lowest BCUT2D eigenvalue weighted by Crippen LogP contribution is -2.48. The quantitative estimate of drug-likeness (QED) is 0.672. The maximum Gasteiger partial charge on any atom is 0.240 e. The van der Waals surface area contributed by atoms with E-state index in [-0.39, 0.29) is 4.90 Å². The fraction of sp³-hybridized carbons (Fsp3) is 0.455. The molecule has 0 bridgehead atoms. The van der Waals surface area contributed by atoms with Crippen LogP contribution in [0.25, 0.3) is 0 Å². The van der Waals surface area contributed by atoms with Gasteiger partial charge in [-0.15, -0.1) is 0 Å².